The largest absolute Gasteiger partial charge is 0.491 e. The first-order valence-corrected chi connectivity index (χ1v) is 30.6. The van der Waals surface area contributed by atoms with Gasteiger partial charge in [-0.15, -0.1) is 0 Å². The van der Waals surface area contributed by atoms with Gasteiger partial charge in [0.15, 0.2) is 0 Å². The van der Waals surface area contributed by atoms with Crippen LogP contribution in [0.2, 0.25) is 0 Å². The number of unbranched alkanes of at least 4 members (excludes halogenated alkanes) is 3. The molecule has 4 aromatic rings. The third kappa shape index (κ3) is 34.3. The third-order valence-electron chi connectivity index (χ3n) is 12.7. The molecule has 0 radical (unpaired) electrons. The van der Waals surface area contributed by atoms with E-state index in [9.17, 15) is 0 Å². The van der Waals surface area contributed by atoms with Crippen molar-refractivity contribution >= 4 is 0 Å². The molecule has 4 aromatic carbocycles. The van der Waals surface area contributed by atoms with E-state index in [0.29, 0.717) is 225 Å². The second-order valence-electron chi connectivity index (χ2n) is 19.4. The van der Waals surface area contributed by atoms with Gasteiger partial charge < -0.3 is 105 Å². The Morgan fingerprint density at radius 3 is 0.651 bits per heavy atom. The Balaban J connectivity index is 0.862. The van der Waals surface area contributed by atoms with Crippen molar-refractivity contribution in [1.29, 1.82) is 0 Å². The minimum Gasteiger partial charge on any atom is -0.491 e. The van der Waals surface area contributed by atoms with E-state index < -0.39 is 0 Å². The van der Waals surface area contributed by atoms with E-state index in [-0.39, 0.29) is 0 Å². The number of hydrogen-bond acceptors (Lipinski definition) is 22. The molecule has 0 aromatic heterocycles. The van der Waals surface area contributed by atoms with Crippen molar-refractivity contribution in [2.24, 2.45) is 0 Å². The van der Waals surface area contributed by atoms with Crippen LogP contribution >= 0.6 is 0 Å². The van der Waals surface area contributed by atoms with Gasteiger partial charge in [-0.25, -0.2) is 0 Å². The highest BCUT2D eigenvalue weighted by molar-refractivity contribution is 5.41. The predicted octanol–water partition coefficient (Wildman–Crippen LogP) is 6.78. The van der Waals surface area contributed by atoms with Gasteiger partial charge in [0.1, 0.15) is 98.9 Å². The Kier molecular flexibility index (Phi) is 39.5. The van der Waals surface area contributed by atoms with E-state index >= 15 is 0 Å². The fourth-order valence-corrected chi connectivity index (χ4v) is 8.31. The monoisotopic (exact) mass is 1210 g/mol. The average molecular weight is 1210 g/mol. The summed E-state index contributed by atoms with van der Waals surface area (Å²) >= 11 is 0. The van der Waals surface area contributed by atoms with Crippen molar-refractivity contribution < 1.29 is 94.7 Å². The number of benzene rings is 4. The van der Waals surface area contributed by atoms with Crippen molar-refractivity contribution in [3.05, 3.63) is 96.1 Å². The fourth-order valence-electron chi connectivity index (χ4n) is 8.31. The molecule has 482 valence electrons. The molecule has 86 heavy (non-hydrogen) atoms. The standard InChI is InChI=1S/C64H96N2O20/c1(3-17-65-53-55-51-61-13-15-63(55)85-49-41-77-33-25-69-21-29-73-37-45-81-59-9-5-57(6-10-59)79-43-35-71-27-19-67-23-31-75-39-47-83-61)2-4-18-66-54-56-52-62-14-16-64(56)86-50-42-78-34-26-70-22-30-74-38-46-82-60-11-7-58(8-12-60)80-44-36-72-28-20-68-24-32-76-40-48-84-62/h5-16,51-52,65-66H,1-4,17-50,53-54H2. The Morgan fingerprint density at radius 2 is 0.407 bits per heavy atom. The molecule has 0 aliphatic carbocycles. The SMILES string of the molecule is c1cc2ccc1OCCOCCOCCOCCOc1ccc(c(CNCCCCCCNCc3cc4ccc3OCCOCCOCCOCCOc3ccc(cc3)OCCOCCOCCOCCO4)c1)OCCOCCOCCOCCO2. The second kappa shape index (κ2) is 48.7. The summed E-state index contributed by atoms with van der Waals surface area (Å²) in [5.41, 5.74) is 2.01. The maximum atomic E-state index is 6.21. The third-order valence-corrected chi connectivity index (χ3v) is 12.7. The maximum absolute atomic E-state index is 6.21. The highest BCUT2D eigenvalue weighted by atomic mass is 16.6. The second-order valence-corrected chi connectivity index (χ2v) is 19.4. The van der Waals surface area contributed by atoms with E-state index in [1.54, 1.807) is 0 Å². The Bertz CT molecular complexity index is 2080. The quantitative estimate of drug-likeness (QED) is 0.148. The lowest BCUT2D eigenvalue weighted by atomic mass is 10.1. The van der Waals surface area contributed by atoms with Crippen molar-refractivity contribution in [1.82, 2.24) is 10.6 Å². The summed E-state index contributed by atoms with van der Waals surface area (Å²) in [6, 6.07) is 26.8. The van der Waals surface area contributed by atoms with Crippen LogP contribution in [0.5, 0.6) is 46.0 Å². The summed E-state index contributed by atoms with van der Waals surface area (Å²) in [7, 11) is 0. The molecule has 8 bridgehead atoms. The number of nitrogens with one attached hydrogen (secondary N) is 2. The summed E-state index contributed by atoms with van der Waals surface area (Å²) in [6.07, 6.45) is 4.25. The minimum absolute atomic E-state index is 0.397. The molecule has 0 spiro atoms. The first-order valence-electron chi connectivity index (χ1n) is 30.6. The number of hydrogen-bond donors (Lipinski definition) is 2. The molecule has 22 nitrogen and oxygen atoms in total. The van der Waals surface area contributed by atoms with Crippen LogP contribution in [0.3, 0.4) is 0 Å². The molecule has 8 heterocycles. The van der Waals surface area contributed by atoms with Crippen molar-refractivity contribution in [3.63, 3.8) is 0 Å². The van der Waals surface area contributed by atoms with Gasteiger partial charge in [-0.2, -0.15) is 0 Å². The normalized spacial score (nSPS) is 18.6. The number of ether oxygens (including phenoxy) is 20. The summed E-state index contributed by atoms with van der Waals surface area (Å²) in [6.45, 7) is 17.2. The van der Waals surface area contributed by atoms with Crippen LogP contribution in [-0.2, 0) is 69.9 Å². The molecule has 8 aliphatic heterocycles. The Hall–Kier alpha value is -5.28. The van der Waals surface area contributed by atoms with Crippen LogP contribution in [0.4, 0.5) is 0 Å². The zero-order chi connectivity index (χ0) is 59.5. The highest BCUT2D eigenvalue weighted by Gasteiger charge is 2.11. The lowest BCUT2D eigenvalue weighted by Gasteiger charge is -2.15. The summed E-state index contributed by atoms with van der Waals surface area (Å²) in [5, 5.41) is 7.24. The van der Waals surface area contributed by atoms with Gasteiger partial charge in [-0.3, -0.25) is 0 Å². The first kappa shape index (κ1) is 69.8. The van der Waals surface area contributed by atoms with E-state index in [0.717, 1.165) is 95.9 Å². The lowest BCUT2D eigenvalue weighted by molar-refractivity contribution is 0.00464. The first-order chi connectivity index (χ1) is 42.8. The van der Waals surface area contributed by atoms with Crippen LogP contribution in [-0.4, -0.2) is 225 Å². The van der Waals surface area contributed by atoms with E-state index in [1.165, 1.54) is 0 Å². The molecule has 0 atom stereocenters. The molecule has 0 amide bonds. The molecular formula is C64H96N2O20. The molecule has 22 heteroatoms. The van der Waals surface area contributed by atoms with Crippen LogP contribution in [0, 0.1) is 0 Å². The fraction of sp³-hybridized carbons (Fsp3) is 0.625. The molecule has 0 fully saturated rings. The summed E-state index contributed by atoms with van der Waals surface area (Å²) in [5.74, 6) is 6.05. The zero-order valence-corrected chi connectivity index (χ0v) is 50.5. The van der Waals surface area contributed by atoms with Gasteiger partial charge in [-0.05, 0) is 111 Å². The van der Waals surface area contributed by atoms with Crippen LogP contribution in [0.1, 0.15) is 36.8 Å². The van der Waals surface area contributed by atoms with Gasteiger partial charge in [0.25, 0.3) is 0 Å². The summed E-state index contributed by atoms with van der Waals surface area (Å²) < 4.78 is 116. The van der Waals surface area contributed by atoms with Gasteiger partial charge in [0.05, 0.1) is 159 Å². The highest BCUT2D eigenvalue weighted by Crippen LogP contribution is 2.26. The van der Waals surface area contributed by atoms with Crippen molar-refractivity contribution in [2.75, 3.05) is 225 Å². The summed E-state index contributed by atoms with van der Waals surface area (Å²) in [4.78, 5) is 0. The Labute approximate surface area is 509 Å². The lowest BCUT2D eigenvalue weighted by Crippen LogP contribution is -2.18. The van der Waals surface area contributed by atoms with Gasteiger partial charge >= 0.3 is 0 Å². The van der Waals surface area contributed by atoms with Gasteiger partial charge in [0, 0.05) is 24.2 Å². The molecule has 8 aliphatic rings. The van der Waals surface area contributed by atoms with E-state index in [1.807, 2.05) is 84.9 Å². The molecule has 2 N–H and O–H groups in total. The Morgan fingerprint density at radius 1 is 0.209 bits per heavy atom. The van der Waals surface area contributed by atoms with E-state index in [2.05, 4.69) is 10.6 Å². The molecule has 12 rings (SSSR count). The van der Waals surface area contributed by atoms with E-state index in [4.69, 9.17) is 94.7 Å². The minimum atomic E-state index is 0.397. The molecular weight excluding hydrogens is 1120 g/mol. The zero-order valence-electron chi connectivity index (χ0n) is 50.5. The smallest absolute Gasteiger partial charge is 0.124 e. The van der Waals surface area contributed by atoms with Crippen molar-refractivity contribution in [2.45, 2.75) is 38.8 Å². The number of rotatable bonds is 11. The predicted molar refractivity (Wildman–Crippen MR) is 321 cm³/mol. The van der Waals surface area contributed by atoms with Gasteiger partial charge in [0.2, 0.25) is 0 Å². The molecule has 0 saturated carbocycles. The topological polar surface area (TPSA) is 209 Å². The maximum Gasteiger partial charge on any atom is 0.124 e. The van der Waals surface area contributed by atoms with Gasteiger partial charge in [-0.1, -0.05) is 12.8 Å². The molecule has 0 unspecified atom stereocenters. The van der Waals surface area contributed by atoms with Crippen LogP contribution in [0.15, 0.2) is 84.9 Å². The average Bonchev–Trinajstić information content (AvgIpc) is 3.55. The van der Waals surface area contributed by atoms with Crippen molar-refractivity contribution in [3.8, 4) is 46.0 Å². The molecule has 0 saturated heterocycles. The van der Waals surface area contributed by atoms with Crippen LogP contribution in [0.25, 0.3) is 0 Å². The van der Waals surface area contributed by atoms with Crippen LogP contribution < -0.4 is 48.5 Å².